The van der Waals surface area contributed by atoms with E-state index < -0.39 is 6.10 Å². The number of ether oxygens (including phenoxy) is 3. The molecule has 66 heavy (non-hydrogen) atoms. The summed E-state index contributed by atoms with van der Waals surface area (Å²) in [5.41, 5.74) is 0. The van der Waals surface area contributed by atoms with Gasteiger partial charge >= 0.3 is 17.9 Å². The lowest BCUT2D eigenvalue weighted by Gasteiger charge is -2.18. The molecule has 0 aliphatic carbocycles. The van der Waals surface area contributed by atoms with Gasteiger partial charge in [-0.1, -0.05) is 292 Å². The number of unbranched alkanes of at least 4 members (excludes halogenated alkanes) is 35. The van der Waals surface area contributed by atoms with Crippen LogP contribution in [0, 0.1) is 17.8 Å². The zero-order valence-corrected chi connectivity index (χ0v) is 45.5. The average molecular weight is 934 g/mol. The summed E-state index contributed by atoms with van der Waals surface area (Å²) >= 11 is 0. The smallest absolute Gasteiger partial charge is 0.306 e. The molecule has 0 amide bonds. The Morgan fingerprint density at radius 2 is 0.530 bits per heavy atom. The van der Waals surface area contributed by atoms with E-state index in [0.29, 0.717) is 19.3 Å². The number of carbonyl (C=O) groups excluding carboxylic acids is 3. The molecule has 6 nitrogen and oxygen atoms in total. The molecule has 6 heteroatoms. The summed E-state index contributed by atoms with van der Waals surface area (Å²) in [6.07, 6.45) is 53.7. The molecule has 0 aromatic heterocycles. The predicted molar refractivity (Wildman–Crippen MR) is 284 cm³/mol. The molecule has 0 N–H and O–H groups in total. The van der Waals surface area contributed by atoms with E-state index in [1.54, 1.807) is 0 Å². The van der Waals surface area contributed by atoms with E-state index in [4.69, 9.17) is 14.2 Å². The maximum Gasteiger partial charge on any atom is 0.306 e. The molecule has 392 valence electrons. The largest absolute Gasteiger partial charge is 0.462 e. The SMILES string of the molecule is CCC(C)CCCCCCCCCCCCC(=O)OC[C@H](COC(=O)CCCCCCCCCCCCCCC(C)C)OC(=O)CCCCCCCCCCCCCCCCCCC(C)C. The van der Waals surface area contributed by atoms with Crippen molar-refractivity contribution in [1.82, 2.24) is 0 Å². The Morgan fingerprint density at radius 1 is 0.303 bits per heavy atom. The Kier molecular flexibility index (Phi) is 50.0. The van der Waals surface area contributed by atoms with Crippen molar-refractivity contribution >= 4 is 17.9 Å². The highest BCUT2D eigenvalue weighted by atomic mass is 16.6. The van der Waals surface area contributed by atoms with Crippen LogP contribution < -0.4 is 0 Å². The van der Waals surface area contributed by atoms with Gasteiger partial charge in [0.2, 0.25) is 0 Å². The van der Waals surface area contributed by atoms with E-state index in [0.717, 1.165) is 75.5 Å². The third-order valence-electron chi connectivity index (χ3n) is 14.0. The molecule has 1 unspecified atom stereocenters. The lowest BCUT2D eigenvalue weighted by atomic mass is 9.99. The van der Waals surface area contributed by atoms with Gasteiger partial charge in [-0.15, -0.1) is 0 Å². The number of hydrogen-bond donors (Lipinski definition) is 0. The zero-order valence-electron chi connectivity index (χ0n) is 45.5. The number of esters is 3. The first kappa shape index (κ1) is 64.4. The quantitative estimate of drug-likeness (QED) is 0.0343. The molecule has 0 saturated heterocycles. The van der Waals surface area contributed by atoms with Gasteiger partial charge in [-0.2, -0.15) is 0 Å². The normalized spacial score (nSPS) is 12.5. The van der Waals surface area contributed by atoms with Gasteiger partial charge in [0.05, 0.1) is 0 Å². The Hall–Kier alpha value is -1.59. The minimum Gasteiger partial charge on any atom is -0.462 e. The van der Waals surface area contributed by atoms with Gasteiger partial charge in [0, 0.05) is 19.3 Å². The Bertz CT molecular complexity index is 1020. The van der Waals surface area contributed by atoms with E-state index in [1.807, 2.05) is 0 Å². The fourth-order valence-electron chi connectivity index (χ4n) is 9.14. The molecule has 0 heterocycles. The topological polar surface area (TPSA) is 78.9 Å². The van der Waals surface area contributed by atoms with Crippen LogP contribution in [-0.4, -0.2) is 37.2 Å². The molecule has 0 saturated carbocycles. The second-order valence-electron chi connectivity index (χ2n) is 21.8. The summed E-state index contributed by atoms with van der Waals surface area (Å²) in [5, 5.41) is 0. The van der Waals surface area contributed by atoms with Crippen LogP contribution in [0.25, 0.3) is 0 Å². The standard InChI is InChI=1S/C60H116O6/c1-7-56(6)48-42-36-30-24-20-21-26-32-38-44-50-59(62)65-53-57(52-64-58(61)49-43-37-31-25-18-15-14-17-23-29-35-41-47-55(4)5)66-60(63)51-45-39-33-27-19-13-11-9-8-10-12-16-22-28-34-40-46-54(2)3/h54-57H,7-53H2,1-6H3/t56?,57-/m0/s1. The van der Waals surface area contributed by atoms with Crippen LogP contribution in [0.5, 0.6) is 0 Å². The average Bonchev–Trinajstić information content (AvgIpc) is 3.29. The third-order valence-corrected chi connectivity index (χ3v) is 14.0. The third kappa shape index (κ3) is 51.8. The van der Waals surface area contributed by atoms with Crippen molar-refractivity contribution in [3.05, 3.63) is 0 Å². The lowest BCUT2D eigenvalue weighted by Crippen LogP contribution is -2.30. The minimum absolute atomic E-state index is 0.0635. The Morgan fingerprint density at radius 3 is 0.788 bits per heavy atom. The fraction of sp³-hybridized carbons (Fsp3) is 0.950. The monoisotopic (exact) mass is 933 g/mol. The summed E-state index contributed by atoms with van der Waals surface area (Å²) in [5.74, 6) is 1.71. The molecule has 0 aliphatic heterocycles. The van der Waals surface area contributed by atoms with Crippen LogP contribution in [0.4, 0.5) is 0 Å². The maximum atomic E-state index is 12.9. The van der Waals surface area contributed by atoms with Crippen molar-refractivity contribution in [3.8, 4) is 0 Å². The van der Waals surface area contributed by atoms with Crippen molar-refractivity contribution in [3.63, 3.8) is 0 Å². The van der Waals surface area contributed by atoms with E-state index in [2.05, 4.69) is 41.5 Å². The summed E-state index contributed by atoms with van der Waals surface area (Å²) < 4.78 is 16.9. The van der Waals surface area contributed by atoms with Gasteiger partial charge in [-0.05, 0) is 37.0 Å². The molecule has 2 atom stereocenters. The first-order chi connectivity index (χ1) is 32.1. The highest BCUT2D eigenvalue weighted by Gasteiger charge is 2.19. The van der Waals surface area contributed by atoms with Crippen molar-refractivity contribution in [1.29, 1.82) is 0 Å². The molecule has 0 fully saturated rings. The number of carbonyl (C=O) groups is 3. The van der Waals surface area contributed by atoms with Crippen molar-refractivity contribution in [2.75, 3.05) is 13.2 Å². The summed E-state index contributed by atoms with van der Waals surface area (Å²) in [7, 11) is 0. The predicted octanol–water partition coefficient (Wildman–Crippen LogP) is 19.5. The Labute approximate surface area is 412 Å². The van der Waals surface area contributed by atoms with Crippen molar-refractivity contribution in [2.24, 2.45) is 17.8 Å². The van der Waals surface area contributed by atoms with Crippen LogP contribution in [0.3, 0.4) is 0 Å². The van der Waals surface area contributed by atoms with Crippen LogP contribution in [0.1, 0.15) is 330 Å². The Balaban J connectivity index is 4.30. The molecule has 0 bridgehead atoms. The van der Waals surface area contributed by atoms with Crippen LogP contribution >= 0.6 is 0 Å². The van der Waals surface area contributed by atoms with E-state index >= 15 is 0 Å². The highest BCUT2D eigenvalue weighted by Crippen LogP contribution is 2.19. The number of rotatable bonds is 53. The van der Waals surface area contributed by atoms with Crippen LogP contribution in [0.2, 0.25) is 0 Å². The van der Waals surface area contributed by atoms with Gasteiger partial charge in [-0.3, -0.25) is 14.4 Å². The van der Waals surface area contributed by atoms with Crippen LogP contribution in [-0.2, 0) is 28.6 Å². The minimum atomic E-state index is -0.764. The molecule has 0 aromatic carbocycles. The lowest BCUT2D eigenvalue weighted by molar-refractivity contribution is -0.167. The van der Waals surface area contributed by atoms with Gasteiger partial charge in [0.1, 0.15) is 13.2 Å². The van der Waals surface area contributed by atoms with E-state index in [-0.39, 0.29) is 31.1 Å². The molecule has 0 spiro atoms. The molecule has 0 aromatic rings. The molecular formula is C60H116O6. The molecule has 0 radical (unpaired) electrons. The first-order valence-corrected chi connectivity index (χ1v) is 29.6. The van der Waals surface area contributed by atoms with E-state index in [1.165, 1.54) is 212 Å². The van der Waals surface area contributed by atoms with Crippen molar-refractivity contribution < 1.29 is 28.6 Å². The van der Waals surface area contributed by atoms with Gasteiger partial charge in [-0.25, -0.2) is 0 Å². The van der Waals surface area contributed by atoms with Gasteiger partial charge in [0.15, 0.2) is 6.10 Å². The number of hydrogen-bond acceptors (Lipinski definition) is 6. The highest BCUT2D eigenvalue weighted by molar-refractivity contribution is 5.71. The van der Waals surface area contributed by atoms with Gasteiger partial charge in [0.25, 0.3) is 0 Å². The summed E-state index contributed by atoms with van der Waals surface area (Å²) in [6.45, 7) is 13.8. The molecular weight excluding hydrogens is 817 g/mol. The van der Waals surface area contributed by atoms with E-state index in [9.17, 15) is 14.4 Å². The van der Waals surface area contributed by atoms with Crippen LogP contribution in [0.15, 0.2) is 0 Å². The molecule has 0 aliphatic rings. The second-order valence-corrected chi connectivity index (χ2v) is 21.8. The molecule has 0 rings (SSSR count). The fourth-order valence-corrected chi connectivity index (χ4v) is 9.14. The summed E-state index contributed by atoms with van der Waals surface area (Å²) in [4.78, 5) is 38.2. The van der Waals surface area contributed by atoms with Gasteiger partial charge < -0.3 is 14.2 Å². The summed E-state index contributed by atoms with van der Waals surface area (Å²) in [6, 6.07) is 0. The van der Waals surface area contributed by atoms with Crippen molar-refractivity contribution in [2.45, 2.75) is 337 Å². The maximum absolute atomic E-state index is 12.9. The zero-order chi connectivity index (χ0) is 48.4. The first-order valence-electron chi connectivity index (χ1n) is 29.6. The second kappa shape index (κ2) is 51.3.